The van der Waals surface area contributed by atoms with E-state index in [0.717, 1.165) is 17.5 Å². The molecule has 0 saturated carbocycles. The standard InChI is InChI=1S/C26H35ClN2O4/c1-5-16-28-26(31)19(4)29(18-21-10-8-9-11-22(21)27)25(30)15-13-20-12-14-23(32-6-2)24(17-20)33-7-3/h8-12,14,17,19H,5-7,13,15-16,18H2,1-4H3,(H,28,31)/t19-/m0/s1. The fraction of sp³-hybridized carbons (Fsp3) is 0.462. The third-order valence-corrected chi connectivity index (χ3v) is 5.62. The first kappa shape index (κ1) is 26.5. The van der Waals surface area contributed by atoms with E-state index in [1.54, 1.807) is 17.9 Å². The van der Waals surface area contributed by atoms with E-state index in [9.17, 15) is 9.59 Å². The Balaban J connectivity index is 2.17. The van der Waals surface area contributed by atoms with Gasteiger partial charge in [0.2, 0.25) is 11.8 Å². The number of rotatable bonds is 13. The van der Waals surface area contributed by atoms with E-state index in [2.05, 4.69) is 5.32 Å². The number of benzene rings is 2. The Morgan fingerprint density at radius 2 is 1.73 bits per heavy atom. The van der Waals surface area contributed by atoms with Crippen molar-refractivity contribution in [3.05, 3.63) is 58.6 Å². The molecule has 0 fully saturated rings. The van der Waals surface area contributed by atoms with Gasteiger partial charge in [0.15, 0.2) is 11.5 Å². The lowest BCUT2D eigenvalue weighted by atomic mass is 10.1. The van der Waals surface area contributed by atoms with Crippen molar-refractivity contribution in [3.8, 4) is 11.5 Å². The monoisotopic (exact) mass is 474 g/mol. The molecule has 0 radical (unpaired) electrons. The van der Waals surface area contributed by atoms with Gasteiger partial charge >= 0.3 is 0 Å². The van der Waals surface area contributed by atoms with E-state index in [4.69, 9.17) is 21.1 Å². The lowest BCUT2D eigenvalue weighted by Crippen LogP contribution is -2.47. The summed E-state index contributed by atoms with van der Waals surface area (Å²) >= 11 is 6.34. The maximum atomic E-state index is 13.3. The summed E-state index contributed by atoms with van der Waals surface area (Å²) in [5.74, 6) is 1.08. The third kappa shape index (κ3) is 7.97. The van der Waals surface area contributed by atoms with E-state index in [-0.39, 0.29) is 24.8 Å². The second-order valence-corrected chi connectivity index (χ2v) is 8.13. The first-order chi connectivity index (χ1) is 15.9. The summed E-state index contributed by atoms with van der Waals surface area (Å²) in [7, 11) is 0. The van der Waals surface area contributed by atoms with Crippen LogP contribution in [0.15, 0.2) is 42.5 Å². The molecule has 2 aromatic carbocycles. The number of halogens is 1. The minimum Gasteiger partial charge on any atom is -0.490 e. The highest BCUT2D eigenvalue weighted by Gasteiger charge is 2.26. The van der Waals surface area contributed by atoms with Crippen LogP contribution >= 0.6 is 11.6 Å². The van der Waals surface area contributed by atoms with Crippen molar-refractivity contribution in [1.29, 1.82) is 0 Å². The number of aryl methyl sites for hydroxylation is 1. The van der Waals surface area contributed by atoms with Gasteiger partial charge in [0.1, 0.15) is 6.04 Å². The van der Waals surface area contributed by atoms with Crippen molar-refractivity contribution in [2.75, 3.05) is 19.8 Å². The summed E-state index contributed by atoms with van der Waals surface area (Å²) in [4.78, 5) is 27.5. The molecule has 0 spiro atoms. The molecule has 180 valence electrons. The Labute approximate surface area is 202 Å². The molecule has 0 saturated heterocycles. The van der Waals surface area contributed by atoms with Crippen LogP contribution in [-0.4, -0.2) is 42.5 Å². The Morgan fingerprint density at radius 3 is 2.39 bits per heavy atom. The van der Waals surface area contributed by atoms with Crippen LogP contribution < -0.4 is 14.8 Å². The van der Waals surface area contributed by atoms with Gasteiger partial charge in [0.25, 0.3) is 0 Å². The zero-order chi connectivity index (χ0) is 24.2. The van der Waals surface area contributed by atoms with E-state index >= 15 is 0 Å². The number of ether oxygens (including phenoxy) is 2. The van der Waals surface area contributed by atoms with Gasteiger partial charge in [-0.05, 0) is 62.9 Å². The molecule has 6 nitrogen and oxygen atoms in total. The van der Waals surface area contributed by atoms with E-state index in [0.29, 0.717) is 42.7 Å². The van der Waals surface area contributed by atoms with Gasteiger partial charge in [-0.3, -0.25) is 9.59 Å². The number of carbonyl (C=O) groups is 2. The number of nitrogens with zero attached hydrogens (tertiary/aromatic N) is 1. The fourth-order valence-electron chi connectivity index (χ4n) is 3.43. The van der Waals surface area contributed by atoms with Crippen LogP contribution in [0.25, 0.3) is 0 Å². The molecular weight excluding hydrogens is 440 g/mol. The van der Waals surface area contributed by atoms with Gasteiger partial charge in [0, 0.05) is 24.5 Å². The van der Waals surface area contributed by atoms with Gasteiger partial charge in [-0.25, -0.2) is 0 Å². The van der Waals surface area contributed by atoms with E-state index in [1.807, 2.05) is 57.2 Å². The van der Waals surface area contributed by atoms with Crippen molar-refractivity contribution in [2.45, 2.75) is 59.5 Å². The summed E-state index contributed by atoms with van der Waals surface area (Å²) in [5.41, 5.74) is 1.78. The molecule has 0 aliphatic heterocycles. The molecule has 2 amide bonds. The first-order valence-electron chi connectivity index (χ1n) is 11.6. The van der Waals surface area contributed by atoms with Crippen LogP contribution in [0.3, 0.4) is 0 Å². The van der Waals surface area contributed by atoms with Gasteiger partial charge in [0.05, 0.1) is 13.2 Å². The van der Waals surface area contributed by atoms with Crippen molar-refractivity contribution in [1.82, 2.24) is 10.2 Å². The van der Waals surface area contributed by atoms with Crippen LogP contribution in [0, 0.1) is 0 Å². The Morgan fingerprint density at radius 1 is 1.03 bits per heavy atom. The minimum atomic E-state index is -0.611. The highest BCUT2D eigenvalue weighted by atomic mass is 35.5. The molecule has 0 aliphatic carbocycles. The summed E-state index contributed by atoms with van der Waals surface area (Å²) in [6.45, 7) is 9.51. The predicted molar refractivity (Wildman–Crippen MR) is 132 cm³/mol. The Bertz CT molecular complexity index is 919. The lowest BCUT2D eigenvalue weighted by Gasteiger charge is -2.29. The molecule has 0 aromatic heterocycles. The van der Waals surface area contributed by atoms with Crippen LogP contribution in [-0.2, 0) is 22.6 Å². The number of carbonyl (C=O) groups excluding carboxylic acids is 2. The maximum absolute atomic E-state index is 13.3. The number of nitrogens with one attached hydrogen (secondary N) is 1. The van der Waals surface area contributed by atoms with Gasteiger partial charge in [-0.15, -0.1) is 0 Å². The minimum absolute atomic E-state index is 0.110. The van der Waals surface area contributed by atoms with Crippen LogP contribution in [0.5, 0.6) is 11.5 Å². The van der Waals surface area contributed by atoms with Crippen LogP contribution in [0.4, 0.5) is 0 Å². The molecule has 0 aliphatic rings. The van der Waals surface area contributed by atoms with Gasteiger partial charge in [-0.2, -0.15) is 0 Å². The summed E-state index contributed by atoms with van der Waals surface area (Å²) < 4.78 is 11.3. The zero-order valence-corrected chi connectivity index (χ0v) is 20.8. The van der Waals surface area contributed by atoms with E-state index in [1.165, 1.54) is 0 Å². The Kier molecular flexibility index (Phi) is 11.0. The van der Waals surface area contributed by atoms with Crippen LogP contribution in [0.2, 0.25) is 5.02 Å². The average molecular weight is 475 g/mol. The molecule has 1 N–H and O–H groups in total. The average Bonchev–Trinajstić information content (AvgIpc) is 2.81. The largest absolute Gasteiger partial charge is 0.490 e. The summed E-state index contributed by atoms with van der Waals surface area (Å²) in [5, 5.41) is 3.46. The van der Waals surface area contributed by atoms with Crippen molar-refractivity contribution >= 4 is 23.4 Å². The zero-order valence-electron chi connectivity index (χ0n) is 20.0. The van der Waals surface area contributed by atoms with Gasteiger partial charge < -0.3 is 19.7 Å². The number of hydrogen-bond acceptors (Lipinski definition) is 4. The van der Waals surface area contributed by atoms with Gasteiger partial charge in [-0.1, -0.05) is 42.8 Å². The van der Waals surface area contributed by atoms with E-state index < -0.39 is 6.04 Å². The molecule has 1 atom stereocenters. The normalized spacial score (nSPS) is 11.5. The first-order valence-corrected chi connectivity index (χ1v) is 12.0. The second kappa shape index (κ2) is 13.7. The molecule has 0 heterocycles. The summed E-state index contributed by atoms with van der Waals surface area (Å²) in [6.07, 6.45) is 1.61. The molecule has 7 heteroatoms. The van der Waals surface area contributed by atoms with Crippen molar-refractivity contribution in [2.24, 2.45) is 0 Å². The molecule has 2 aromatic rings. The topological polar surface area (TPSA) is 67.9 Å². The quantitative estimate of drug-likeness (QED) is 0.443. The van der Waals surface area contributed by atoms with Crippen molar-refractivity contribution < 1.29 is 19.1 Å². The molecule has 33 heavy (non-hydrogen) atoms. The highest BCUT2D eigenvalue weighted by Crippen LogP contribution is 2.29. The summed E-state index contributed by atoms with van der Waals surface area (Å²) in [6, 6.07) is 12.5. The second-order valence-electron chi connectivity index (χ2n) is 7.73. The SMILES string of the molecule is CCCNC(=O)[C@H](C)N(Cc1ccccc1Cl)C(=O)CCc1ccc(OCC)c(OCC)c1. The molecule has 2 rings (SSSR count). The molecule has 0 unspecified atom stereocenters. The predicted octanol–water partition coefficient (Wildman–Crippen LogP) is 5.01. The lowest BCUT2D eigenvalue weighted by molar-refractivity contribution is -0.140. The number of amides is 2. The highest BCUT2D eigenvalue weighted by molar-refractivity contribution is 6.31. The Hall–Kier alpha value is -2.73. The maximum Gasteiger partial charge on any atom is 0.242 e. The third-order valence-electron chi connectivity index (χ3n) is 5.25. The van der Waals surface area contributed by atoms with Crippen LogP contribution in [0.1, 0.15) is 51.7 Å². The van der Waals surface area contributed by atoms with Crippen molar-refractivity contribution in [3.63, 3.8) is 0 Å². The number of hydrogen-bond donors (Lipinski definition) is 1. The molecular formula is C26H35ClN2O4. The fourth-order valence-corrected chi connectivity index (χ4v) is 3.63. The smallest absolute Gasteiger partial charge is 0.242 e. The molecule has 0 bridgehead atoms.